The van der Waals surface area contributed by atoms with Gasteiger partial charge in [-0.05, 0) is 53.1 Å². The van der Waals surface area contributed by atoms with E-state index in [2.05, 4.69) is 87.5 Å². The zero-order valence-electron chi connectivity index (χ0n) is 21.9. The van der Waals surface area contributed by atoms with Crippen molar-refractivity contribution in [3.63, 3.8) is 0 Å². The van der Waals surface area contributed by atoms with E-state index in [0.717, 1.165) is 76.2 Å². The Kier molecular flexibility index (Phi) is 9.61. The Bertz CT molecular complexity index is 890. The largest absolute Gasteiger partial charge is 0.497 e. The molecule has 4 rings (SSSR count). The first-order chi connectivity index (χ1) is 17.6. The van der Waals surface area contributed by atoms with Crippen LogP contribution in [0.25, 0.3) is 0 Å². The minimum Gasteiger partial charge on any atom is -0.497 e. The predicted molar refractivity (Wildman–Crippen MR) is 145 cm³/mol. The van der Waals surface area contributed by atoms with Crippen LogP contribution in [0.5, 0.6) is 17.2 Å². The van der Waals surface area contributed by atoms with Crippen LogP contribution in [-0.4, -0.2) is 75.3 Å². The van der Waals surface area contributed by atoms with Gasteiger partial charge in [-0.25, -0.2) is 0 Å². The summed E-state index contributed by atoms with van der Waals surface area (Å²) in [5, 5.41) is 0. The monoisotopic (exact) mass is 489 g/mol. The van der Waals surface area contributed by atoms with Gasteiger partial charge in [-0.3, -0.25) is 14.7 Å². The molecule has 0 atom stereocenters. The van der Waals surface area contributed by atoms with E-state index >= 15 is 0 Å². The highest BCUT2D eigenvalue weighted by atomic mass is 16.5. The van der Waals surface area contributed by atoms with Gasteiger partial charge in [0.2, 0.25) is 0 Å². The number of benzene rings is 3. The van der Waals surface area contributed by atoms with Crippen molar-refractivity contribution in [3.05, 3.63) is 89.5 Å². The molecule has 0 aliphatic carbocycles. The summed E-state index contributed by atoms with van der Waals surface area (Å²) in [6.45, 7) is 9.07. The van der Waals surface area contributed by atoms with Gasteiger partial charge >= 0.3 is 0 Å². The molecule has 0 saturated carbocycles. The number of ether oxygens (including phenoxy) is 3. The van der Waals surface area contributed by atoms with E-state index < -0.39 is 0 Å². The number of hydrogen-bond donors (Lipinski definition) is 0. The summed E-state index contributed by atoms with van der Waals surface area (Å²) >= 11 is 0. The molecule has 0 N–H and O–H groups in total. The van der Waals surface area contributed by atoms with E-state index in [1.165, 1.54) is 16.7 Å². The maximum Gasteiger partial charge on any atom is 0.118 e. The standard InChI is InChI=1S/C30H39N3O3/c1-34-28-10-4-25(5-11-28)22-31-16-18-32(23-26-6-12-29(35-2)13-7-26)20-21-33(19-17-31)24-27-8-14-30(36-3)15-9-27/h4-15H,16-24H2,1-3H3. The number of hydrogen-bond acceptors (Lipinski definition) is 6. The molecule has 6 nitrogen and oxygen atoms in total. The van der Waals surface area contributed by atoms with E-state index in [4.69, 9.17) is 14.2 Å². The Morgan fingerprint density at radius 1 is 0.417 bits per heavy atom. The average molecular weight is 490 g/mol. The maximum absolute atomic E-state index is 5.34. The van der Waals surface area contributed by atoms with Crippen molar-refractivity contribution in [1.82, 2.24) is 14.7 Å². The number of rotatable bonds is 9. The Labute approximate surface area is 216 Å². The van der Waals surface area contributed by atoms with Crippen LogP contribution < -0.4 is 14.2 Å². The van der Waals surface area contributed by atoms with Gasteiger partial charge in [-0.2, -0.15) is 0 Å². The summed E-state index contributed by atoms with van der Waals surface area (Å²) in [7, 11) is 5.14. The fourth-order valence-electron chi connectivity index (χ4n) is 4.63. The van der Waals surface area contributed by atoms with E-state index in [1.807, 2.05) is 0 Å². The number of methoxy groups -OCH3 is 3. The van der Waals surface area contributed by atoms with Gasteiger partial charge in [0.05, 0.1) is 21.3 Å². The van der Waals surface area contributed by atoms with Crippen molar-refractivity contribution in [3.8, 4) is 17.2 Å². The molecule has 0 bridgehead atoms. The van der Waals surface area contributed by atoms with E-state index in [-0.39, 0.29) is 0 Å². The molecule has 3 aromatic carbocycles. The molecule has 1 fully saturated rings. The van der Waals surface area contributed by atoms with Crippen LogP contribution in [0.2, 0.25) is 0 Å². The second-order valence-corrected chi connectivity index (χ2v) is 9.37. The lowest BCUT2D eigenvalue weighted by Gasteiger charge is -2.26. The van der Waals surface area contributed by atoms with E-state index in [1.54, 1.807) is 21.3 Å². The molecule has 0 unspecified atom stereocenters. The second-order valence-electron chi connectivity index (χ2n) is 9.37. The minimum absolute atomic E-state index is 0.902. The molecule has 0 radical (unpaired) electrons. The van der Waals surface area contributed by atoms with Crippen LogP contribution in [-0.2, 0) is 19.6 Å². The van der Waals surface area contributed by atoms with Gasteiger partial charge in [0.15, 0.2) is 0 Å². The molecule has 3 aromatic rings. The van der Waals surface area contributed by atoms with Crippen LogP contribution in [0.1, 0.15) is 16.7 Å². The zero-order valence-corrected chi connectivity index (χ0v) is 21.9. The third-order valence-electron chi connectivity index (χ3n) is 6.89. The molecule has 0 spiro atoms. The van der Waals surface area contributed by atoms with Gasteiger partial charge < -0.3 is 14.2 Å². The Morgan fingerprint density at radius 2 is 0.639 bits per heavy atom. The SMILES string of the molecule is COc1ccc(CN2CCN(Cc3ccc(OC)cc3)CCN(Cc3ccc(OC)cc3)CC2)cc1. The highest BCUT2D eigenvalue weighted by molar-refractivity contribution is 5.28. The summed E-state index contributed by atoms with van der Waals surface area (Å²) in [5.74, 6) is 2.71. The Balaban J connectivity index is 1.45. The van der Waals surface area contributed by atoms with Crippen molar-refractivity contribution in [2.45, 2.75) is 19.6 Å². The number of nitrogens with zero attached hydrogens (tertiary/aromatic N) is 3. The van der Waals surface area contributed by atoms with Crippen molar-refractivity contribution in [2.75, 3.05) is 60.6 Å². The molecule has 0 amide bonds. The third kappa shape index (κ3) is 7.72. The minimum atomic E-state index is 0.902. The van der Waals surface area contributed by atoms with Crippen LogP contribution in [0.15, 0.2) is 72.8 Å². The quantitative estimate of drug-likeness (QED) is 0.440. The first-order valence-corrected chi connectivity index (χ1v) is 12.7. The molecule has 0 aromatic heterocycles. The lowest BCUT2D eigenvalue weighted by atomic mass is 10.2. The van der Waals surface area contributed by atoms with Crippen molar-refractivity contribution < 1.29 is 14.2 Å². The molecular formula is C30H39N3O3. The fourth-order valence-corrected chi connectivity index (χ4v) is 4.63. The topological polar surface area (TPSA) is 37.4 Å². The first-order valence-electron chi connectivity index (χ1n) is 12.7. The van der Waals surface area contributed by atoms with Gasteiger partial charge in [-0.1, -0.05) is 36.4 Å². The van der Waals surface area contributed by atoms with Gasteiger partial charge in [0.1, 0.15) is 17.2 Å². The average Bonchev–Trinajstić information content (AvgIpc) is 3.01. The molecule has 1 heterocycles. The summed E-state index contributed by atoms with van der Waals surface area (Å²) in [6.07, 6.45) is 0. The lowest BCUT2D eigenvalue weighted by molar-refractivity contribution is 0.209. The summed E-state index contributed by atoms with van der Waals surface area (Å²) in [5.41, 5.74) is 3.95. The lowest BCUT2D eigenvalue weighted by Crippen LogP contribution is -2.35. The van der Waals surface area contributed by atoms with Crippen LogP contribution in [0.3, 0.4) is 0 Å². The molecule has 1 aliphatic heterocycles. The molecule has 1 aliphatic rings. The molecule has 1 saturated heterocycles. The van der Waals surface area contributed by atoms with Crippen LogP contribution in [0.4, 0.5) is 0 Å². The first kappa shape index (κ1) is 26.0. The zero-order chi connectivity index (χ0) is 25.2. The smallest absolute Gasteiger partial charge is 0.118 e. The molecule has 6 heteroatoms. The fraction of sp³-hybridized carbons (Fsp3) is 0.400. The Hall–Kier alpha value is -3.06. The van der Waals surface area contributed by atoms with Crippen molar-refractivity contribution >= 4 is 0 Å². The molecular weight excluding hydrogens is 450 g/mol. The summed E-state index contributed by atoms with van der Waals surface area (Å²) < 4.78 is 16.0. The highest BCUT2D eigenvalue weighted by Crippen LogP contribution is 2.17. The van der Waals surface area contributed by atoms with Gasteiger partial charge in [-0.15, -0.1) is 0 Å². The second kappa shape index (κ2) is 13.3. The van der Waals surface area contributed by atoms with Gasteiger partial charge in [0, 0.05) is 58.9 Å². The third-order valence-corrected chi connectivity index (χ3v) is 6.89. The molecule has 192 valence electrons. The van der Waals surface area contributed by atoms with Crippen LogP contribution >= 0.6 is 0 Å². The summed E-state index contributed by atoms with van der Waals surface area (Å²) in [4.78, 5) is 7.74. The predicted octanol–water partition coefficient (Wildman–Crippen LogP) is 4.53. The van der Waals surface area contributed by atoms with Crippen LogP contribution in [0, 0.1) is 0 Å². The highest BCUT2D eigenvalue weighted by Gasteiger charge is 2.17. The van der Waals surface area contributed by atoms with E-state index in [9.17, 15) is 0 Å². The summed E-state index contributed by atoms with van der Waals surface area (Å²) in [6, 6.07) is 25.4. The van der Waals surface area contributed by atoms with Crippen molar-refractivity contribution in [1.29, 1.82) is 0 Å². The maximum atomic E-state index is 5.34. The Morgan fingerprint density at radius 3 is 0.833 bits per heavy atom. The van der Waals surface area contributed by atoms with E-state index in [0.29, 0.717) is 0 Å². The molecule has 36 heavy (non-hydrogen) atoms. The van der Waals surface area contributed by atoms with Gasteiger partial charge in [0.25, 0.3) is 0 Å². The van der Waals surface area contributed by atoms with Crippen molar-refractivity contribution in [2.24, 2.45) is 0 Å². The normalized spacial score (nSPS) is 16.1.